The van der Waals surface area contributed by atoms with Gasteiger partial charge < -0.3 is 19.5 Å². The summed E-state index contributed by atoms with van der Waals surface area (Å²) in [5.74, 6) is 0.488. The minimum absolute atomic E-state index is 0.262. The Balaban J connectivity index is 1.92. The van der Waals surface area contributed by atoms with Crippen molar-refractivity contribution in [3.05, 3.63) is 0 Å². The van der Waals surface area contributed by atoms with Crippen LogP contribution in [0.3, 0.4) is 0 Å². The molecule has 3 aliphatic rings. The van der Waals surface area contributed by atoms with Crippen LogP contribution < -0.4 is 5.32 Å². The Hall–Kier alpha value is -2.03. The molecule has 0 radical (unpaired) electrons. The van der Waals surface area contributed by atoms with Crippen LogP contribution in [0.1, 0.15) is 93.4 Å². The van der Waals surface area contributed by atoms with E-state index in [2.05, 4.69) is 19.2 Å². The van der Waals surface area contributed by atoms with Crippen LogP contribution in [0.15, 0.2) is 0 Å². The molecule has 3 fully saturated rings. The Labute approximate surface area is 216 Å². The lowest BCUT2D eigenvalue weighted by atomic mass is 9.82. The average molecular weight is 510 g/mol. The van der Waals surface area contributed by atoms with Crippen molar-refractivity contribution in [3.63, 3.8) is 0 Å². The summed E-state index contributed by atoms with van der Waals surface area (Å²) < 4.78 is 18.1. The molecule has 3 amide bonds. The number of carbonyl (C=O) groups is 3. The first-order valence-corrected chi connectivity index (χ1v) is 13.7. The quantitative estimate of drug-likeness (QED) is 0.535. The molecule has 5 atom stereocenters. The minimum Gasteiger partial charge on any atom is -0.444 e. The van der Waals surface area contributed by atoms with Gasteiger partial charge >= 0.3 is 12.2 Å². The van der Waals surface area contributed by atoms with Gasteiger partial charge in [-0.2, -0.15) is 0 Å². The Morgan fingerprint density at radius 1 is 1.17 bits per heavy atom. The highest BCUT2D eigenvalue weighted by atomic mass is 16.6. The van der Waals surface area contributed by atoms with Crippen LogP contribution in [0.4, 0.5) is 9.59 Å². The van der Waals surface area contributed by atoms with Gasteiger partial charge in [-0.3, -0.25) is 14.6 Å². The normalized spacial score (nSPS) is 29.7. The zero-order chi connectivity index (χ0) is 26.8. The molecule has 9 nitrogen and oxygen atoms in total. The maximum Gasteiger partial charge on any atom is 0.412 e. The summed E-state index contributed by atoms with van der Waals surface area (Å²) in [5, 5.41) is 2.99. The van der Waals surface area contributed by atoms with Crippen molar-refractivity contribution < 1.29 is 28.6 Å². The fraction of sp³-hybridized carbons (Fsp3) is 0.889. The zero-order valence-electron chi connectivity index (χ0n) is 23.5. The molecule has 0 spiro atoms. The van der Waals surface area contributed by atoms with E-state index in [1.807, 2.05) is 34.6 Å². The van der Waals surface area contributed by atoms with Crippen molar-refractivity contribution >= 4 is 18.1 Å². The number of nitrogens with zero attached hydrogens (tertiary/aromatic N) is 2. The molecule has 2 heterocycles. The van der Waals surface area contributed by atoms with Crippen LogP contribution in [-0.2, 0) is 19.0 Å². The molecule has 3 rings (SSSR count). The largest absolute Gasteiger partial charge is 0.444 e. The third-order valence-electron chi connectivity index (χ3n) is 7.77. The summed E-state index contributed by atoms with van der Waals surface area (Å²) in [6, 6.07) is -1.22. The van der Waals surface area contributed by atoms with Crippen LogP contribution in [0.25, 0.3) is 0 Å². The number of likely N-dealkylation sites (N-methyl/N-ethyl adjacent to an activating group) is 1. The van der Waals surface area contributed by atoms with Crippen LogP contribution in [-0.4, -0.2) is 77.1 Å². The molecule has 2 saturated heterocycles. The molecular formula is C27H47N3O6. The molecule has 0 aromatic carbocycles. The number of rotatable bonds is 7. The third-order valence-corrected chi connectivity index (χ3v) is 7.77. The summed E-state index contributed by atoms with van der Waals surface area (Å²) >= 11 is 0. The topological polar surface area (TPSA) is 97.4 Å². The lowest BCUT2D eigenvalue weighted by molar-refractivity contribution is -0.132. The van der Waals surface area contributed by atoms with Gasteiger partial charge in [0.25, 0.3) is 0 Å². The van der Waals surface area contributed by atoms with Gasteiger partial charge in [-0.05, 0) is 52.9 Å². The van der Waals surface area contributed by atoms with Crippen molar-refractivity contribution in [2.45, 2.75) is 129 Å². The van der Waals surface area contributed by atoms with Crippen molar-refractivity contribution in [3.8, 4) is 0 Å². The number of nitrogens with one attached hydrogen (secondary N) is 1. The molecule has 9 heteroatoms. The van der Waals surface area contributed by atoms with Crippen LogP contribution in [0.2, 0.25) is 0 Å². The summed E-state index contributed by atoms with van der Waals surface area (Å²) in [6.07, 6.45) is 4.91. The van der Waals surface area contributed by atoms with Crippen molar-refractivity contribution in [1.29, 1.82) is 0 Å². The zero-order valence-corrected chi connectivity index (χ0v) is 23.5. The molecule has 0 aromatic rings. The number of hydrogen-bond acceptors (Lipinski definition) is 6. The van der Waals surface area contributed by atoms with Crippen LogP contribution in [0, 0.1) is 11.8 Å². The van der Waals surface area contributed by atoms with E-state index in [0.717, 1.165) is 19.3 Å². The summed E-state index contributed by atoms with van der Waals surface area (Å²) in [4.78, 5) is 42.5. The Bertz CT molecular complexity index is 804. The second-order valence-electron chi connectivity index (χ2n) is 12.3. The van der Waals surface area contributed by atoms with Gasteiger partial charge in [0.2, 0.25) is 5.91 Å². The molecule has 206 valence electrons. The highest BCUT2D eigenvalue weighted by Gasteiger charge is 2.59. The van der Waals surface area contributed by atoms with E-state index in [1.165, 1.54) is 24.2 Å². The molecule has 2 aliphatic heterocycles. The fourth-order valence-corrected chi connectivity index (χ4v) is 5.66. The molecule has 36 heavy (non-hydrogen) atoms. The molecule has 1 aliphatic carbocycles. The SMILES string of the molecule is CCC(C)CNC(=O)[C@@H]1[C@H]([C@@H]2OC(C)(C)N(C(=O)OC(C)(C)C)[C@H]2CC2CCCCC2)OC(=O)N1C. The highest BCUT2D eigenvalue weighted by Crippen LogP contribution is 2.42. The van der Waals surface area contributed by atoms with Gasteiger partial charge in [-0.15, -0.1) is 0 Å². The summed E-state index contributed by atoms with van der Waals surface area (Å²) in [7, 11) is 1.58. The van der Waals surface area contributed by atoms with Gasteiger partial charge in [0.15, 0.2) is 12.1 Å². The smallest absolute Gasteiger partial charge is 0.412 e. The monoisotopic (exact) mass is 509 g/mol. The second-order valence-corrected chi connectivity index (χ2v) is 12.3. The fourth-order valence-electron chi connectivity index (χ4n) is 5.66. The van der Waals surface area contributed by atoms with Gasteiger partial charge in [-0.25, -0.2) is 9.59 Å². The first-order valence-electron chi connectivity index (χ1n) is 13.7. The maximum atomic E-state index is 13.5. The predicted molar refractivity (Wildman–Crippen MR) is 136 cm³/mol. The van der Waals surface area contributed by atoms with Gasteiger partial charge in [-0.1, -0.05) is 52.4 Å². The number of hydrogen-bond donors (Lipinski definition) is 1. The molecule has 0 bridgehead atoms. The number of cyclic esters (lactones) is 1. The van der Waals surface area contributed by atoms with E-state index in [-0.39, 0.29) is 11.9 Å². The molecule has 0 aromatic heterocycles. The number of amides is 3. The van der Waals surface area contributed by atoms with E-state index in [9.17, 15) is 14.4 Å². The Morgan fingerprint density at radius 3 is 2.39 bits per heavy atom. The van der Waals surface area contributed by atoms with E-state index in [0.29, 0.717) is 24.8 Å². The average Bonchev–Trinajstić information content (AvgIpc) is 3.23. The second kappa shape index (κ2) is 11.2. The van der Waals surface area contributed by atoms with Gasteiger partial charge in [0.1, 0.15) is 17.4 Å². The standard InChI is InChI=1S/C27H47N3O6/c1-9-17(2)16-28-23(31)20-22(34-24(32)29(20)8)21-19(15-18-13-11-10-12-14-18)30(27(6,7)35-21)25(33)36-26(3,4)5/h17-22H,9-16H2,1-8H3,(H,28,31)/t17?,19-,20-,21+,22+/m0/s1. The molecule has 1 saturated carbocycles. The van der Waals surface area contributed by atoms with E-state index in [4.69, 9.17) is 14.2 Å². The van der Waals surface area contributed by atoms with Crippen molar-refractivity contribution in [1.82, 2.24) is 15.1 Å². The summed E-state index contributed by atoms with van der Waals surface area (Å²) in [6.45, 7) is 13.9. The molecule has 1 N–H and O–H groups in total. The number of carbonyl (C=O) groups excluding carboxylic acids is 3. The van der Waals surface area contributed by atoms with Crippen LogP contribution in [0.5, 0.6) is 0 Å². The minimum atomic E-state index is -0.988. The van der Waals surface area contributed by atoms with E-state index < -0.39 is 41.8 Å². The Morgan fingerprint density at radius 2 is 1.81 bits per heavy atom. The first kappa shape index (κ1) is 28.5. The Kier molecular flexibility index (Phi) is 8.84. The van der Waals surface area contributed by atoms with Crippen molar-refractivity contribution in [2.24, 2.45) is 11.8 Å². The molecule has 1 unspecified atom stereocenters. The van der Waals surface area contributed by atoms with Crippen LogP contribution >= 0.6 is 0 Å². The number of ether oxygens (including phenoxy) is 3. The van der Waals surface area contributed by atoms with E-state index in [1.54, 1.807) is 11.9 Å². The lowest BCUT2D eigenvalue weighted by Gasteiger charge is -2.37. The van der Waals surface area contributed by atoms with Gasteiger partial charge in [0, 0.05) is 13.6 Å². The predicted octanol–water partition coefficient (Wildman–Crippen LogP) is 4.68. The highest BCUT2D eigenvalue weighted by molar-refractivity contribution is 5.88. The van der Waals surface area contributed by atoms with Gasteiger partial charge in [0.05, 0.1) is 6.04 Å². The molecular weight excluding hydrogens is 462 g/mol. The van der Waals surface area contributed by atoms with Crippen molar-refractivity contribution in [2.75, 3.05) is 13.6 Å². The lowest BCUT2D eigenvalue weighted by Crippen LogP contribution is -2.55. The maximum absolute atomic E-state index is 13.5. The van der Waals surface area contributed by atoms with E-state index >= 15 is 0 Å². The summed E-state index contributed by atoms with van der Waals surface area (Å²) in [5.41, 5.74) is -1.66. The first-order chi connectivity index (χ1) is 16.7. The third kappa shape index (κ3) is 6.45.